The highest BCUT2D eigenvalue weighted by Gasteiger charge is 2.31. The molecule has 128 valence electrons. The Morgan fingerprint density at radius 1 is 1.17 bits per heavy atom. The van der Waals surface area contributed by atoms with E-state index < -0.39 is 0 Å². The molecule has 0 radical (unpaired) electrons. The molecule has 0 aliphatic carbocycles. The van der Waals surface area contributed by atoms with Gasteiger partial charge < -0.3 is 9.80 Å². The van der Waals surface area contributed by atoms with Gasteiger partial charge in [-0.1, -0.05) is 30.4 Å². The SMILES string of the molecule is CC1CCN(C(=O)[C@@H]2CCCN(c3nc4ccccc4s3)C2)CC1. The van der Waals surface area contributed by atoms with E-state index in [4.69, 9.17) is 4.98 Å². The lowest BCUT2D eigenvalue weighted by molar-refractivity contribution is -0.137. The molecule has 3 heterocycles. The van der Waals surface area contributed by atoms with Crippen LogP contribution >= 0.6 is 11.3 Å². The quantitative estimate of drug-likeness (QED) is 0.833. The zero-order valence-corrected chi connectivity index (χ0v) is 15.1. The van der Waals surface area contributed by atoms with Crippen molar-refractivity contribution in [1.82, 2.24) is 9.88 Å². The molecule has 1 aromatic heterocycles. The molecule has 1 amide bonds. The molecule has 0 unspecified atom stereocenters. The molecule has 24 heavy (non-hydrogen) atoms. The van der Waals surface area contributed by atoms with Crippen molar-refractivity contribution in [3.8, 4) is 0 Å². The summed E-state index contributed by atoms with van der Waals surface area (Å²) in [5.74, 6) is 1.27. The zero-order chi connectivity index (χ0) is 16.5. The lowest BCUT2D eigenvalue weighted by Gasteiger charge is -2.37. The minimum atomic E-state index is 0.138. The van der Waals surface area contributed by atoms with Crippen LogP contribution in [0.1, 0.15) is 32.6 Å². The number of para-hydroxylation sites is 1. The number of anilines is 1. The first-order chi connectivity index (χ1) is 11.7. The number of carbonyl (C=O) groups excluding carboxylic acids is 1. The van der Waals surface area contributed by atoms with E-state index in [0.29, 0.717) is 5.91 Å². The maximum Gasteiger partial charge on any atom is 0.227 e. The maximum absolute atomic E-state index is 12.9. The van der Waals surface area contributed by atoms with Gasteiger partial charge in [0, 0.05) is 26.2 Å². The highest BCUT2D eigenvalue weighted by atomic mass is 32.1. The van der Waals surface area contributed by atoms with E-state index in [-0.39, 0.29) is 5.92 Å². The Balaban J connectivity index is 1.46. The number of amides is 1. The summed E-state index contributed by atoms with van der Waals surface area (Å²) in [6, 6.07) is 8.28. The Labute approximate surface area is 147 Å². The van der Waals surface area contributed by atoms with Crippen LogP contribution in [0.2, 0.25) is 0 Å². The molecular weight excluding hydrogens is 318 g/mol. The van der Waals surface area contributed by atoms with E-state index >= 15 is 0 Å². The highest BCUT2D eigenvalue weighted by Crippen LogP contribution is 2.32. The molecule has 5 heteroatoms. The van der Waals surface area contributed by atoms with Gasteiger partial charge in [0.15, 0.2) is 5.13 Å². The lowest BCUT2D eigenvalue weighted by Crippen LogP contribution is -2.47. The minimum absolute atomic E-state index is 0.138. The number of carbonyl (C=O) groups is 1. The third-order valence-electron chi connectivity index (χ3n) is 5.42. The van der Waals surface area contributed by atoms with E-state index in [2.05, 4.69) is 34.9 Å². The molecule has 0 saturated carbocycles. The second-order valence-electron chi connectivity index (χ2n) is 7.26. The highest BCUT2D eigenvalue weighted by molar-refractivity contribution is 7.22. The number of hydrogen-bond acceptors (Lipinski definition) is 4. The second-order valence-corrected chi connectivity index (χ2v) is 8.27. The van der Waals surface area contributed by atoms with Gasteiger partial charge in [-0.3, -0.25) is 4.79 Å². The van der Waals surface area contributed by atoms with Crippen molar-refractivity contribution in [2.45, 2.75) is 32.6 Å². The molecule has 0 spiro atoms. The topological polar surface area (TPSA) is 36.4 Å². The summed E-state index contributed by atoms with van der Waals surface area (Å²) >= 11 is 1.74. The van der Waals surface area contributed by atoms with Crippen LogP contribution < -0.4 is 4.90 Å². The van der Waals surface area contributed by atoms with Gasteiger partial charge in [-0.2, -0.15) is 0 Å². The predicted octanol–water partition coefficient (Wildman–Crippen LogP) is 3.77. The van der Waals surface area contributed by atoms with Gasteiger partial charge in [0.2, 0.25) is 5.91 Å². The average molecular weight is 343 g/mol. The molecule has 0 N–H and O–H groups in total. The van der Waals surface area contributed by atoms with Crippen LogP contribution in [0.4, 0.5) is 5.13 Å². The van der Waals surface area contributed by atoms with Gasteiger partial charge in [-0.05, 0) is 43.7 Å². The van der Waals surface area contributed by atoms with Crippen LogP contribution in [0, 0.1) is 11.8 Å². The second kappa shape index (κ2) is 6.71. The number of benzene rings is 1. The van der Waals surface area contributed by atoms with Crippen LogP contribution in [0.3, 0.4) is 0 Å². The molecule has 1 aromatic carbocycles. The largest absolute Gasteiger partial charge is 0.347 e. The van der Waals surface area contributed by atoms with Gasteiger partial charge in [0.25, 0.3) is 0 Å². The molecule has 4 rings (SSSR count). The molecule has 1 atom stereocenters. The van der Waals surface area contributed by atoms with Crippen molar-refractivity contribution in [2.24, 2.45) is 11.8 Å². The number of nitrogens with zero attached hydrogens (tertiary/aromatic N) is 3. The summed E-state index contributed by atoms with van der Waals surface area (Å²) < 4.78 is 1.23. The normalized spacial score (nSPS) is 23.0. The zero-order valence-electron chi connectivity index (χ0n) is 14.3. The number of aromatic nitrogens is 1. The van der Waals surface area contributed by atoms with Crippen LogP contribution in [0.5, 0.6) is 0 Å². The predicted molar refractivity (Wildman–Crippen MR) is 99.5 cm³/mol. The Hall–Kier alpha value is -1.62. The first-order valence-corrected chi connectivity index (χ1v) is 9.91. The maximum atomic E-state index is 12.9. The fourth-order valence-electron chi connectivity index (χ4n) is 3.83. The van der Waals surface area contributed by atoms with Crippen molar-refractivity contribution in [3.05, 3.63) is 24.3 Å². The molecule has 2 aliphatic rings. The van der Waals surface area contributed by atoms with Crippen molar-refractivity contribution < 1.29 is 4.79 Å². The van der Waals surface area contributed by atoms with E-state index in [1.54, 1.807) is 11.3 Å². The third kappa shape index (κ3) is 3.14. The van der Waals surface area contributed by atoms with E-state index in [1.807, 2.05) is 6.07 Å². The first kappa shape index (κ1) is 15.9. The number of piperidine rings is 2. The molecule has 4 nitrogen and oxygen atoms in total. The molecule has 2 fully saturated rings. The minimum Gasteiger partial charge on any atom is -0.347 e. The number of hydrogen-bond donors (Lipinski definition) is 0. The van der Waals surface area contributed by atoms with E-state index in [9.17, 15) is 4.79 Å². The monoisotopic (exact) mass is 343 g/mol. The smallest absolute Gasteiger partial charge is 0.227 e. The average Bonchev–Trinajstić information content (AvgIpc) is 3.06. The molecule has 2 aromatic rings. The van der Waals surface area contributed by atoms with E-state index in [0.717, 1.165) is 68.4 Å². The fraction of sp³-hybridized carbons (Fsp3) is 0.579. The first-order valence-electron chi connectivity index (χ1n) is 9.10. The molecule has 0 bridgehead atoms. The van der Waals surface area contributed by atoms with Gasteiger partial charge in [0.05, 0.1) is 16.1 Å². The van der Waals surface area contributed by atoms with Crippen molar-refractivity contribution in [1.29, 1.82) is 0 Å². The lowest BCUT2D eigenvalue weighted by atomic mass is 9.94. The summed E-state index contributed by atoms with van der Waals surface area (Å²) in [6.07, 6.45) is 4.41. The third-order valence-corrected chi connectivity index (χ3v) is 6.52. The van der Waals surface area contributed by atoms with E-state index in [1.165, 1.54) is 4.70 Å². The van der Waals surface area contributed by atoms with Gasteiger partial charge in [-0.25, -0.2) is 4.98 Å². The van der Waals surface area contributed by atoms with Crippen molar-refractivity contribution in [2.75, 3.05) is 31.1 Å². The summed E-state index contributed by atoms with van der Waals surface area (Å²) in [5, 5.41) is 1.07. The van der Waals surface area contributed by atoms with Gasteiger partial charge >= 0.3 is 0 Å². The fourth-order valence-corrected chi connectivity index (χ4v) is 4.84. The number of rotatable bonds is 2. The van der Waals surface area contributed by atoms with Crippen LogP contribution in [-0.2, 0) is 4.79 Å². The molecular formula is C19H25N3OS. The Morgan fingerprint density at radius 3 is 2.75 bits per heavy atom. The van der Waals surface area contributed by atoms with Crippen LogP contribution in [-0.4, -0.2) is 42.0 Å². The Morgan fingerprint density at radius 2 is 1.96 bits per heavy atom. The van der Waals surface area contributed by atoms with Crippen molar-refractivity contribution >= 4 is 32.6 Å². The van der Waals surface area contributed by atoms with Crippen LogP contribution in [0.25, 0.3) is 10.2 Å². The van der Waals surface area contributed by atoms with Crippen molar-refractivity contribution in [3.63, 3.8) is 0 Å². The summed E-state index contributed by atoms with van der Waals surface area (Å²) in [6.45, 7) is 6.01. The molecule has 2 saturated heterocycles. The van der Waals surface area contributed by atoms with Gasteiger partial charge in [-0.15, -0.1) is 0 Å². The standard InChI is InChI=1S/C19H25N3OS/c1-14-8-11-21(12-9-14)18(23)15-5-4-10-22(13-15)19-20-16-6-2-3-7-17(16)24-19/h2-3,6-7,14-15H,4-5,8-13H2,1H3/t15-/m1/s1. The molecule has 2 aliphatic heterocycles. The van der Waals surface area contributed by atoms with Gasteiger partial charge in [0.1, 0.15) is 0 Å². The number of fused-ring (bicyclic) bond motifs is 1. The summed E-state index contributed by atoms with van der Waals surface area (Å²) in [7, 11) is 0. The Bertz CT molecular complexity index is 687. The summed E-state index contributed by atoms with van der Waals surface area (Å²) in [4.78, 5) is 22.1. The van der Waals surface area contributed by atoms with Crippen LogP contribution in [0.15, 0.2) is 24.3 Å². The number of thiazole rings is 1. The number of likely N-dealkylation sites (tertiary alicyclic amines) is 1. The summed E-state index contributed by atoms with van der Waals surface area (Å²) in [5.41, 5.74) is 1.07. The Kier molecular flexibility index (Phi) is 4.44.